The summed E-state index contributed by atoms with van der Waals surface area (Å²) in [5.41, 5.74) is 6.46. The van der Waals surface area contributed by atoms with Crippen LogP contribution in [0.1, 0.15) is 39.5 Å². The van der Waals surface area contributed by atoms with E-state index in [1.807, 2.05) is 0 Å². The third-order valence-electron chi connectivity index (χ3n) is 5.05. The van der Waals surface area contributed by atoms with Crippen molar-refractivity contribution in [1.29, 1.82) is 0 Å². The summed E-state index contributed by atoms with van der Waals surface area (Å²) in [7, 11) is 4.42. The Labute approximate surface area is 113 Å². The van der Waals surface area contributed by atoms with Crippen molar-refractivity contribution in [3.05, 3.63) is 0 Å². The molecular formula is C15H31N3. The van der Waals surface area contributed by atoms with Crippen molar-refractivity contribution in [3.8, 4) is 0 Å². The number of hydrogen-bond acceptors (Lipinski definition) is 3. The maximum Gasteiger partial charge on any atom is 0.0273 e. The molecule has 18 heavy (non-hydrogen) atoms. The van der Waals surface area contributed by atoms with Crippen molar-refractivity contribution in [2.75, 3.05) is 27.2 Å². The van der Waals surface area contributed by atoms with Crippen LogP contribution in [0.5, 0.6) is 0 Å². The molecule has 0 spiro atoms. The Hall–Kier alpha value is -0.120. The molecule has 3 nitrogen and oxygen atoms in total. The largest absolute Gasteiger partial charge is 0.326 e. The molecule has 0 bridgehead atoms. The lowest BCUT2D eigenvalue weighted by molar-refractivity contribution is 0.0321. The molecule has 2 aliphatic rings. The summed E-state index contributed by atoms with van der Waals surface area (Å²) in [5.74, 6) is 1.56. The Bertz CT molecular complexity index is 254. The van der Waals surface area contributed by atoms with Gasteiger partial charge in [-0.3, -0.25) is 4.90 Å². The molecule has 3 heteroatoms. The number of hydrogen-bond donors (Lipinski definition) is 1. The van der Waals surface area contributed by atoms with Crippen LogP contribution in [0, 0.1) is 11.8 Å². The van der Waals surface area contributed by atoms with E-state index in [0.717, 1.165) is 17.9 Å². The van der Waals surface area contributed by atoms with Gasteiger partial charge in [0, 0.05) is 24.7 Å². The third kappa shape index (κ3) is 3.06. The quantitative estimate of drug-likeness (QED) is 0.814. The molecule has 0 aromatic heterocycles. The summed E-state index contributed by atoms with van der Waals surface area (Å²) in [6, 6.07) is 1.71. The van der Waals surface area contributed by atoms with Crippen LogP contribution in [0.4, 0.5) is 0 Å². The SMILES string of the molecule is CC1CC(C)C(N2CCCC(N(C)C)C2)C(N)C1. The zero-order chi connectivity index (χ0) is 13.3. The van der Waals surface area contributed by atoms with Crippen LogP contribution in [0.2, 0.25) is 0 Å². The van der Waals surface area contributed by atoms with Crippen molar-refractivity contribution < 1.29 is 0 Å². The lowest BCUT2D eigenvalue weighted by atomic mass is 9.75. The Morgan fingerprint density at radius 2 is 1.89 bits per heavy atom. The molecule has 106 valence electrons. The molecule has 5 atom stereocenters. The second-order valence-electron chi connectivity index (χ2n) is 6.96. The molecule has 1 heterocycles. The highest BCUT2D eigenvalue weighted by molar-refractivity contribution is 4.94. The van der Waals surface area contributed by atoms with Gasteiger partial charge in [0.2, 0.25) is 0 Å². The number of likely N-dealkylation sites (N-methyl/N-ethyl adjacent to an activating group) is 1. The Balaban J connectivity index is 2.01. The summed E-state index contributed by atoms with van der Waals surface area (Å²) in [5, 5.41) is 0. The summed E-state index contributed by atoms with van der Waals surface area (Å²) in [4.78, 5) is 5.07. The number of nitrogens with zero attached hydrogens (tertiary/aromatic N) is 2. The van der Waals surface area contributed by atoms with E-state index in [1.54, 1.807) is 0 Å². The Morgan fingerprint density at radius 3 is 2.50 bits per heavy atom. The van der Waals surface area contributed by atoms with Crippen LogP contribution in [0.3, 0.4) is 0 Å². The van der Waals surface area contributed by atoms with E-state index in [1.165, 1.54) is 38.8 Å². The van der Waals surface area contributed by atoms with Gasteiger partial charge in [-0.2, -0.15) is 0 Å². The van der Waals surface area contributed by atoms with Crippen molar-refractivity contribution in [2.24, 2.45) is 17.6 Å². The van der Waals surface area contributed by atoms with Gasteiger partial charge < -0.3 is 10.6 Å². The van der Waals surface area contributed by atoms with Gasteiger partial charge >= 0.3 is 0 Å². The normalized spacial score (nSPS) is 43.3. The second kappa shape index (κ2) is 5.89. The first-order valence-electron chi connectivity index (χ1n) is 7.65. The van der Waals surface area contributed by atoms with Crippen LogP contribution >= 0.6 is 0 Å². The van der Waals surface area contributed by atoms with E-state index in [-0.39, 0.29) is 0 Å². The molecule has 5 unspecified atom stereocenters. The fourth-order valence-electron chi connectivity index (χ4n) is 4.20. The van der Waals surface area contributed by atoms with Gasteiger partial charge in [0.1, 0.15) is 0 Å². The van der Waals surface area contributed by atoms with E-state index < -0.39 is 0 Å². The predicted octanol–water partition coefficient (Wildman–Crippen LogP) is 1.77. The van der Waals surface area contributed by atoms with Crippen molar-refractivity contribution in [3.63, 3.8) is 0 Å². The van der Waals surface area contributed by atoms with Crippen LogP contribution in [-0.2, 0) is 0 Å². The minimum absolute atomic E-state index is 0.379. The van der Waals surface area contributed by atoms with Gasteiger partial charge in [-0.1, -0.05) is 13.8 Å². The number of rotatable bonds is 2. The van der Waals surface area contributed by atoms with Crippen LogP contribution in [0.25, 0.3) is 0 Å². The van der Waals surface area contributed by atoms with Gasteiger partial charge in [-0.15, -0.1) is 0 Å². The van der Waals surface area contributed by atoms with Crippen molar-refractivity contribution in [2.45, 2.75) is 57.7 Å². The van der Waals surface area contributed by atoms with E-state index in [9.17, 15) is 0 Å². The predicted molar refractivity (Wildman–Crippen MR) is 77.6 cm³/mol. The summed E-state index contributed by atoms with van der Waals surface area (Å²) in [6.07, 6.45) is 5.23. The van der Waals surface area contributed by atoms with E-state index in [2.05, 4.69) is 37.7 Å². The number of nitrogens with two attached hydrogens (primary N) is 1. The first kappa shape index (κ1) is 14.3. The fourth-order valence-corrected chi connectivity index (χ4v) is 4.20. The lowest BCUT2D eigenvalue weighted by Crippen LogP contribution is -2.59. The van der Waals surface area contributed by atoms with E-state index in [0.29, 0.717) is 12.1 Å². The molecule has 0 aromatic carbocycles. The molecule has 2 N–H and O–H groups in total. The van der Waals surface area contributed by atoms with Crippen LogP contribution < -0.4 is 5.73 Å². The Kier molecular flexibility index (Phi) is 4.68. The standard InChI is InChI=1S/C15H31N3/c1-11-8-12(2)15(14(16)9-11)18-7-5-6-13(10-18)17(3)4/h11-15H,5-10,16H2,1-4H3. The molecule has 0 aromatic rings. The maximum absolute atomic E-state index is 6.46. The zero-order valence-electron chi connectivity index (χ0n) is 12.6. The molecule has 1 saturated carbocycles. The lowest BCUT2D eigenvalue weighted by Gasteiger charge is -2.48. The number of likely N-dealkylation sites (tertiary alicyclic amines) is 1. The molecule has 0 amide bonds. The fraction of sp³-hybridized carbons (Fsp3) is 1.00. The average molecular weight is 253 g/mol. The van der Waals surface area contributed by atoms with Gasteiger partial charge in [-0.05, 0) is 58.2 Å². The molecule has 1 aliphatic carbocycles. The average Bonchev–Trinajstić information content (AvgIpc) is 2.28. The minimum Gasteiger partial charge on any atom is -0.326 e. The molecule has 2 rings (SSSR count). The molecular weight excluding hydrogens is 222 g/mol. The molecule has 0 radical (unpaired) electrons. The van der Waals surface area contributed by atoms with Gasteiger partial charge in [0.25, 0.3) is 0 Å². The van der Waals surface area contributed by atoms with Crippen LogP contribution in [-0.4, -0.2) is 55.1 Å². The highest BCUT2D eigenvalue weighted by Gasteiger charge is 2.37. The first-order valence-corrected chi connectivity index (χ1v) is 7.65. The smallest absolute Gasteiger partial charge is 0.0273 e. The second-order valence-corrected chi connectivity index (χ2v) is 6.96. The maximum atomic E-state index is 6.46. The van der Waals surface area contributed by atoms with E-state index in [4.69, 9.17) is 5.73 Å². The van der Waals surface area contributed by atoms with Crippen LogP contribution in [0.15, 0.2) is 0 Å². The minimum atomic E-state index is 0.379. The molecule has 1 aliphatic heterocycles. The van der Waals surface area contributed by atoms with Gasteiger partial charge in [-0.25, -0.2) is 0 Å². The summed E-state index contributed by atoms with van der Waals surface area (Å²) < 4.78 is 0. The monoisotopic (exact) mass is 253 g/mol. The highest BCUT2D eigenvalue weighted by Crippen LogP contribution is 2.33. The van der Waals surface area contributed by atoms with E-state index >= 15 is 0 Å². The third-order valence-corrected chi connectivity index (χ3v) is 5.05. The summed E-state index contributed by atoms with van der Waals surface area (Å²) >= 11 is 0. The zero-order valence-corrected chi connectivity index (χ0v) is 12.6. The first-order chi connectivity index (χ1) is 8.49. The van der Waals surface area contributed by atoms with Gasteiger partial charge in [0.15, 0.2) is 0 Å². The molecule has 2 fully saturated rings. The van der Waals surface area contributed by atoms with Gasteiger partial charge in [0.05, 0.1) is 0 Å². The Morgan fingerprint density at radius 1 is 1.17 bits per heavy atom. The van der Waals surface area contributed by atoms with Crippen molar-refractivity contribution >= 4 is 0 Å². The van der Waals surface area contributed by atoms with Crippen molar-refractivity contribution in [1.82, 2.24) is 9.80 Å². The molecule has 1 saturated heterocycles. The highest BCUT2D eigenvalue weighted by atomic mass is 15.2. The topological polar surface area (TPSA) is 32.5 Å². The summed E-state index contributed by atoms with van der Waals surface area (Å²) in [6.45, 7) is 7.22. The number of piperidine rings is 1.